The van der Waals surface area contributed by atoms with Gasteiger partial charge in [-0.15, -0.1) is 0 Å². The van der Waals surface area contributed by atoms with Crippen molar-refractivity contribution < 1.29 is 14.3 Å². The van der Waals surface area contributed by atoms with Gasteiger partial charge in [0.2, 0.25) is 11.8 Å². The van der Waals surface area contributed by atoms with E-state index in [4.69, 9.17) is 16.3 Å². The zero-order valence-electron chi connectivity index (χ0n) is 16.4. The molecule has 0 aliphatic rings. The second-order valence-corrected chi connectivity index (χ2v) is 6.92. The SMILES string of the molecule is CCNC(=O)[C@H](C)N(Cc1cccc(Cl)c1)C(=O)CCCOc1ccccc1. The van der Waals surface area contributed by atoms with Crippen LogP contribution in [0.1, 0.15) is 32.3 Å². The first kappa shape index (κ1) is 21.8. The zero-order valence-corrected chi connectivity index (χ0v) is 17.1. The van der Waals surface area contributed by atoms with Crippen LogP contribution in [0.2, 0.25) is 5.02 Å². The van der Waals surface area contributed by atoms with Gasteiger partial charge < -0.3 is 15.0 Å². The summed E-state index contributed by atoms with van der Waals surface area (Å²) in [6.45, 7) is 4.89. The number of likely N-dealkylation sites (N-methyl/N-ethyl adjacent to an activating group) is 1. The molecule has 2 aromatic rings. The molecule has 0 aromatic heterocycles. The molecular formula is C22H27ClN2O3. The van der Waals surface area contributed by atoms with Crippen molar-refractivity contribution in [3.8, 4) is 5.75 Å². The summed E-state index contributed by atoms with van der Waals surface area (Å²) >= 11 is 6.06. The first-order valence-electron chi connectivity index (χ1n) is 9.50. The number of hydrogen-bond donors (Lipinski definition) is 1. The first-order valence-corrected chi connectivity index (χ1v) is 9.88. The third kappa shape index (κ3) is 6.89. The number of para-hydroxylation sites is 1. The van der Waals surface area contributed by atoms with Crippen LogP contribution in [0.5, 0.6) is 5.75 Å². The lowest BCUT2D eigenvalue weighted by Crippen LogP contribution is -2.47. The molecule has 28 heavy (non-hydrogen) atoms. The van der Waals surface area contributed by atoms with Gasteiger partial charge in [-0.25, -0.2) is 0 Å². The monoisotopic (exact) mass is 402 g/mol. The highest BCUT2D eigenvalue weighted by Gasteiger charge is 2.25. The van der Waals surface area contributed by atoms with Crippen molar-refractivity contribution in [1.82, 2.24) is 10.2 Å². The third-order valence-corrected chi connectivity index (χ3v) is 4.54. The zero-order chi connectivity index (χ0) is 20.4. The summed E-state index contributed by atoms with van der Waals surface area (Å²) in [7, 11) is 0. The Hall–Kier alpha value is -2.53. The number of halogens is 1. The number of carbonyl (C=O) groups is 2. The maximum Gasteiger partial charge on any atom is 0.242 e. The van der Waals surface area contributed by atoms with E-state index in [0.29, 0.717) is 37.6 Å². The molecule has 0 aliphatic heterocycles. The molecule has 0 bridgehead atoms. The second kappa shape index (κ2) is 11.3. The van der Waals surface area contributed by atoms with Gasteiger partial charge >= 0.3 is 0 Å². The van der Waals surface area contributed by atoms with Crippen LogP contribution in [0, 0.1) is 0 Å². The van der Waals surface area contributed by atoms with E-state index >= 15 is 0 Å². The van der Waals surface area contributed by atoms with Gasteiger partial charge in [-0.2, -0.15) is 0 Å². The predicted octanol–water partition coefficient (Wildman–Crippen LogP) is 4.05. The minimum Gasteiger partial charge on any atom is -0.494 e. The molecule has 0 spiro atoms. The Morgan fingerprint density at radius 2 is 1.89 bits per heavy atom. The molecule has 0 radical (unpaired) electrons. The summed E-state index contributed by atoms with van der Waals surface area (Å²) in [6.07, 6.45) is 0.874. The molecule has 0 saturated carbocycles. The molecule has 150 valence electrons. The molecule has 0 aliphatic carbocycles. The summed E-state index contributed by atoms with van der Waals surface area (Å²) in [5.74, 6) is 0.523. The molecule has 1 atom stereocenters. The molecular weight excluding hydrogens is 376 g/mol. The molecule has 0 saturated heterocycles. The van der Waals surface area contributed by atoms with E-state index in [1.54, 1.807) is 17.9 Å². The van der Waals surface area contributed by atoms with Gasteiger partial charge in [0.15, 0.2) is 0 Å². The first-order chi connectivity index (χ1) is 13.5. The van der Waals surface area contributed by atoms with Gasteiger partial charge in [-0.05, 0) is 50.1 Å². The summed E-state index contributed by atoms with van der Waals surface area (Å²) in [6, 6.07) is 16.3. The van der Waals surface area contributed by atoms with E-state index in [2.05, 4.69) is 5.32 Å². The minimum atomic E-state index is -0.568. The molecule has 5 nitrogen and oxygen atoms in total. The Morgan fingerprint density at radius 1 is 1.14 bits per heavy atom. The van der Waals surface area contributed by atoms with E-state index < -0.39 is 6.04 Å². The highest BCUT2D eigenvalue weighted by Crippen LogP contribution is 2.16. The Balaban J connectivity index is 1.98. The smallest absolute Gasteiger partial charge is 0.242 e. The van der Waals surface area contributed by atoms with Gasteiger partial charge in [0.25, 0.3) is 0 Å². The van der Waals surface area contributed by atoms with Crippen molar-refractivity contribution in [3.63, 3.8) is 0 Å². The van der Waals surface area contributed by atoms with Crippen molar-refractivity contribution in [2.24, 2.45) is 0 Å². The van der Waals surface area contributed by atoms with Crippen LogP contribution >= 0.6 is 11.6 Å². The summed E-state index contributed by atoms with van der Waals surface area (Å²) in [5.41, 5.74) is 0.887. The average Bonchev–Trinajstić information content (AvgIpc) is 2.70. The number of nitrogens with zero attached hydrogens (tertiary/aromatic N) is 1. The highest BCUT2D eigenvalue weighted by molar-refractivity contribution is 6.30. The number of amides is 2. The summed E-state index contributed by atoms with van der Waals surface area (Å²) in [4.78, 5) is 26.8. The number of carbonyl (C=O) groups excluding carboxylic acids is 2. The van der Waals surface area contributed by atoms with Crippen LogP contribution in [-0.4, -0.2) is 35.9 Å². The van der Waals surface area contributed by atoms with E-state index in [0.717, 1.165) is 11.3 Å². The van der Waals surface area contributed by atoms with Crippen molar-refractivity contribution >= 4 is 23.4 Å². The Morgan fingerprint density at radius 3 is 2.57 bits per heavy atom. The molecule has 2 rings (SSSR count). The van der Waals surface area contributed by atoms with Crippen LogP contribution in [0.25, 0.3) is 0 Å². The quantitative estimate of drug-likeness (QED) is 0.610. The maximum absolute atomic E-state index is 12.9. The van der Waals surface area contributed by atoms with Gasteiger partial charge in [0.1, 0.15) is 11.8 Å². The Labute approximate surface area is 171 Å². The third-order valence-electron chi connectivity index (χ3n) is 4.31. The number of rotatable bonds is 10. The fourth-order valence-electron chi connectivity index (χ4n) is 2.81. The maximum atomic E-state index is 12.9. The van der Waals surface area contributed by atoms with E-state index in [9.17, 15) is 9.59 Å². The topological polar surface area (TPSA) is 58.6 Å². The normalized spacial score (nSPS) is 11.5. The van der Waals surface area contributed by atoms with E-state index in [-0.39, 0.29) is 11.8 Å². The number of hydrogen-bond acceptors (Lipinski definition) is 3. The molecule has 0 fully saturated rings. The van der Waals surface area contributed by atoms with Crippen molar-refractivity contribution in [3.05, 3.63) is 65.2 Å². The number of benzene rings is 2. The number of nitrogens with one attached hydrogen (secondary N) is 1. The predicted molar refractivity (Wildman–Crippen MR) is 111 cm³/mol. The lowest BCUT2D eigenvalue weighted by atomic mass is 10.1. The van der Waals surface area contributed by atoms with Gasteiger partial charge in [-0.1, -0.05) is 41.9 Å². The second-order valence-electron chi connectivity index (χ2n) is 6.49. The van der Waals surface area contributed by atoms with E-state index in [1.165, 1.54) is 0 Å². The standard InChI is InChI=1S/C22H27ClN2O3/c1-3-24-22(27)17(2)25(16-18-9-7-10-19(23)15-18)21(26)13-8-14-28-20-11-5-4-6-12-20/h4-7,9-12,15,17H,3,8,13-14,16H2,1-2H3,(H,24,27)/t17-/m0/s1. The van der Waals surface area contributed by atoms with Crippen molar-refractivity contribution in [2.45, 2.75) is 39.3 Å². The summed E-state index contributed by atoms with van der Waals surface area (Å²) < 4.78 is 5.65. The molecule has 0 unspecified atom stereocenters. The molecule has 0 heterocycles. The molecule has 6 heteroatoms. The van der Waals surface area contributed by atoms with Crippen molar-refractivity contribution in [2.75, 3.05) is 13.2 Å². The Kier molecular flexibility index (Phi) is 8.82. The van der Waals surface area contributed by atoms with Crippen LogP contribution < -0.4 is 10.1 Å². The van der Waals surface area contributed by atoms with Crippen molar-refractivity contribution in [1.29, 1.82) is 0 Å². The lowest BCUT2D eigenvalue weighted by Gasteiger charge is -2.29. The molecule has 1 N–H and O–H groups in total. The largest absolute Gasteiger partial charge is 0.494 e. The summed E-state index contributed by atoms with van der Waals surface area (Å²) in [5, 5.41) is 3.39. The van der Waals surface area contributed by atoms with E-state index in [1.807, 2.05) is 55.5 Å². The average molecular weight is 403 g/mol. The minimum absolute atomic E-state index is 0.0876. The highest BCUT2D eigenvalue weighted by atomic mass is 35.5. The van der Waals surface area contributed by atoms with Crippen LogP contribution in [0.3, 0.4) is 0 Å². The molecule has 2 aromatic carbocycles. The van der Waals surface area contributed by atoms with Gasteiger partial charge in [0.05, 0.1) is 6.61 Å². The van der Waals surface area contributed by atoms with Crippen LogP contribution in [-0.2, 0) is 16.1 Å². The number of ether oxygens (including phenoxy) is 1. The fourth-order valence-corrected chi connectivity index (χ4v) is 3.02. The fraction of sp³-hybridized carbons (Fsp3) is 0.364. The van der Waals surface area contributed by atoms with Gasteiger partial charge in [-0.3, -0.25) is 9.59 Å². The molecule has 2 amide bonds. The van der Waals surface area contributed by atoms with Crippen LogP contribution in [0.15, 0.2) is 54.6 Å². The van der Waals surface area contributed by atoms with Crippen LogP contribution in [0.4, 0.5) is 0 Å². The lowest BCUT2D eigenvalue weighted by molar-refractivity contribution is -0.140. The Bertz CT molecular complexity index is 767. The van der Waals surface area contributed by atoms with Gasteiger partial charge in [0, 0.05) is 24.5 Å².